The average Bonchev–Trinajstić information content (AvgIpc) is 3.04. The predicted octanol–water partition coefficient (Wildman–Crippen LogP) is 4.14. The van der Waals surface area contributed by atoms with Crippen LogP contribution in [0.2, 0.25) is 0 Å². The van der Waals surface area contributed by atoms with Crippen LogP contribution >= 0.6 is 0 Å². The Morgan fingerprint density at radius 1 is 1.04 bits per heavy atom. The summed E-state index contributed by atoms with van der Waals surface area (Å²) in [7, 11) is 0. The Balaban J connectivity index is 1.80. The monoisotopic (exact) mass is 348 g/mol. The van der Waals surface area contributed by atoms with Gasteiger partial charge in [-0.15, -0.1) is 13.2 Å². The first-order valence-electron chi connectivity index (χ1n) is 7.06. The molecule has 0 saturated carbocycles. The van der Waals surface area contributed by atoms with Crippen LogP contribution in [0.25, 0.3) is 16.9 Å². The van der Waals surface area contributed by atoms with Gasteiger partial charge in [0.05, 0.1) is 17.6 Å². The van der Waals surface area contributed by atoms with Gasteiger partial charge in [-0.25, -0.2) is 9.78 Å². The van der Waals surface area contributed by atoms with Gasteiger partial charge in [-0.1, -0.05) is 12.1 Å². The molecule has 0 unspecified atom stereocenters. The van der Waals surface area contributed by atoms with Gasteiger partial charge < -0.3 is 14.4 Å². The third-order valence-corrected chi connectivity index (χ3v) is 3.38. The molecular formula is C17H11F3N2O3. The summed E-state index contributed by atoms with van der Waals surface area (Å²) in [6, 6.07) is 11.6. The number of imidazole rings is 1. The van der Waals surface area contributed by atoms with E-state index in [2.05, 4.69) is 9.72 Å². The number of ether oxygens (including phenoxy) is 1. The molecule has 0 aliphatic heterocycles. The van der Waals surface area contributed by atoms with Crippen molar-refractivity contribution >= 4 is 5.97 Å². The third-order valence-electron chi connectivity index (χ3n) is 3.38. The summed E-state index contributed by atoms with van der Waals surface area (Å²) in [5.74, 6) is -1.32. The lowest BCUT2D eigenvalue weighted by Gasteiger charge is -2.09. The van der Waals surface area contributed by atoms with E-state index in [-0.39, 0.29) is 11.3 Å². The van der Waals surface area contributed by atoms with Crippen molar-refractivity contribution in [2.45, 2.75) is 6.36 Å². The molecule has 0 bridgehead atoms. The molecule has 8 heteroatoms. The largest absolute Gasteiger partial charge is 0.573 e. The number of carboxylic acids is 1. The van der Waals surface area contributed by atoms with Crippen LogP contribution in [-0.2, 0) is 0 Å². The van der Waals surface area contributed by atoms with E-state index in [0.717, 1.165) is 5.56 Å². The number of nitrogens with zero attached hydrogens (tertiary/aromatic N) is 2. The van der Waals surface area contributed by atoms with Crippen LogP contribution in [0.4, 0.5) is 13.2 Å². The fourth-order valence-corrected chi connectivity index (χ4v) is 2.22. The Morgan fingerprint density at radius 2 is 1.68 bits per heavy atom. The van der Waals surface area contributed by atoms with E-state index in [0.29, 0.717) is 11.4 Å². The van der Waals surface area contributed by atoms with Gasteiger partial charge in [0.1, 0.15) is 5.75 Å². The molecule has 0 amide bonds. The first-order valence-corrected chi connectivity index (χ1v) is 7.06. The van der Waals surface area contributed by atoms with Crippen molar-refractivity contribution in [2.24, 2.45) is 0 Å². The molecule has 128 valence electrons. The molecule has 1 heterocycles. The Labute approximate surface area is 139 Å². The van der Waals surface area contributed by atoms with Crippen LogP contribution < -0.4 is 4.74 Å². The van der Waals surface area contributed by atoms with Crippen molar-refractivity contribution in [3.8, 4) is 22.7 Å². The zero-order valence-corrected chi connectivity index (χ0v) is 12.6. The third kappa shape index (κ3) is 3.97. The van der Waals surface area contributed by atoms with E-state index in [9.17, 15) is 18.0 Å². The summed E-state index contributed by atoms with van der Waals surface area (Å²) >= 11 is 0. The first kappa shape index (κ1) is 16.6. The van der Waals surface area contributed by atoms with E-state index >= 15 is 0 Å². The fraction of sp³-hybridized carbons (Fsp3) is 0.0588. The lowest BCUT2D eigenvalue weighted by Crippen LogP contribution is -2.17. The molecular weight excluding hydrogens is 337 g/mol. The summed E-state index contributed by atoms with van der Waals surface area (Å²) < 4.78 is 41.9. The number of carbonyl (C=O) groups is 1. The number of aromatic nitrogens is 2. The highest BCUT2D eigenvalue weighted by atomic mass is 19.4. The van der Waals surface area contributed by atoms with Gasteiger partial charge in [0.2, 0.25) is 0 Å². The van der Waals surface area contributed by atoms with Crippen molar-refractivity contribution < 1.29 is 27.8 Å². The molecule has 1 aromatic heterocycles. The first-order chi connectivity index (χ1) is 11.8. The van der Waals surface area contributed by atoms with Crippen molar-refractivity contribution in [1.29, 1.82) is 0 Å². The number of alkyl halides is 3. The molecule has 5 nitrogen and oxygen atoms in total. The highest BCUT2D eigenvalue weighted by Gasteiger charge is 2.30. The van der Waals surface area contributed by atoms with Crippen LogP contribution in [0.15, 0.2) is 61.1 Å². The molecule has 0 fully saturated rings. The number of halogens is 3. The van der Waals surface area contributed by atoms with E-state index in [4.69, 9.17) is 5.11 Å². The van der Waals surface area contributed by atoms with Crippen molar-refractivity contribution in [3.05, 3.63) is 66.6 Å². The summed E-state index contributed by atoms with van der Waals surface area (Å²) in [6.07, 6.45) is -1.53. The zero-order chi connectivity index (χ0) is 18.0. The standard InChI is InChI=1S/C17H11F3N2O3/c18-17(19,20)25-14-7-5-13(6-8-14)22-9-15(21-10-22)11-1-3-12(4-2-11)16(23)24/h1-10H,(H,23,24). The van der Waals surface area contributed by atoms with Crippen LogP contribution in [-0.4, -0.2) is 27.0 Å². The molecule has 3 rings (SSSR count). The fourth-order valence-electron chi connectivity index (χ4n) is 2.22. The number of hydrogen-bond donors (Lipinski definition) is 1. The SMILES string of the molecule is O=C(O)c1ccc(-c2cn(-c3ccc(OC(F)(F)F)cc3)cn2)cc1. The second-order valence-electron chi connectivity index (χ2n) is 5.09. The molecule has 0 saturated heterocycles. The minimum atomic E-state index is -4.73. The minimum Gasteiger partial charge on any atom is -0.478 e. The zero-order valence-electron chi connectivity index (χ0n) is 12.6. The highest BCUT2D eigenvalue weighted by molar-refractivity contribution is 5.88. The van der Waals surface area contributed by atoms with Crippen LogP contribution in [0.5, 0.6) is 5.75 Å². The van der Waals surface area contributed by atoms with Crippen molar-refractivity contribution in [2.75, 3.05) is 0 Å². The Morgan fingerprint density at radius 3 is 2.24 bits per heavy atom. The average molecular weight is 348 g/mol. The molecule has 0 atom stereocenters. The van der Waals surface area contributed by atoms with Gasteiger partial charge in [-0.2, -0.15) is 0 Å². The molecule has 1 N–H and O–H groups in total. The molecule has 0 aliphatic carbocycles. The normalized spacial score (nSPS) is 11.3. The van der Waals surface area contributed by atoms with Crippen LogP contribution in [0.3, 0.4) is 0 Å². The number of carboxylic acid groups (broad SMARTS) is 1. The van der Waals surface area contributed by atoms with Gasteiger partial charge in [0.25, 0.3) is 0 Å². The topological polar surface area (TPSA) is 64.3 Å². The molecule has 25 heavy (non-hydrogen) atoms. The Bertz CT molecular complexity index is 885. The summed E-state index contributed by atoms with van der Waals surface area (Å²) in [4.78, 5) is 15.1. The maximum atomic E-state index is 12.2. The van der Waals surface area contributed by atoms with Crippen molar-refractivity contribution in [1.82, 2.24) is 9.55 Å². The second kappa shape index (κ2) is 6.31. The van der Waals surface area contributed by atoms with Crippen LogP contribution in [0.1, 0.15) is 10.4 Å². The quantitative estimate of drug-likeness (QED) is 0.770. The van der Waals surface area contributed by atoms with E-state index in [1.54, 1.807) is 22.9 Å². The Hall–Kier alpha value is -3.29. The molecule has 0 radical (unpaired) electrons. The maximum absolute atomic E-state index is 12.2. The second-order valence-corrected chi connectivity index (χ2v) is 5.09. The molecule has 3 aromatic rings. The Kier molecular flexibility index (Phi) is 4.18. The summed E-state index contributed by atoms with van der Waals surface area (Å²) in [6.45, 7) is 0. The number of rotatable bonds is 4. The van der Waals surface area contributed by atoms with E-state index < -0.39 is 12.3 Å². The number of hydrogen-bond acceptors (Lipinski definition) is 3. The van der Waals surface area contributed by atoms with E-state index in [1.807, 2.05) is 0 Å². The van der Waals surface area contributed by atoms with Gasteiger partial charge in [0.15, 0.2) is 0 Å². The number of aromatic carboxylic acids is 1. The molecule has 0 spiro atoms. The van der Waals surface area contributed by atoms with Gasteiger partial charge in [-0.05, 0) is 36.4 Å². The number of benzene rings is 2. The lowest BCUT2D eigenvalue weighted by atomic mass is 10.1. The van der Waals surface area contributed by atoms with Gasteiger partial charge in [-0.3, -0.25) is 0 Å². The van der Waals surface area contributed by atoms with Gasteiger partial charge >= 0.3 is 12.3 Å². The summed E-state index contributed by atoms with van der Waals surface area (Å²) in [5, 5.41) is 8.89. The molecule has 2 aromatic carbocycles. The summed E-state index contributed by atoms with van der Waals surface area (Å²) in [5.41, 5.74) is 2.10. The van der Waals surface area contributed by atoms with Gasteiger partial charge in [0, 0.05) is 17.4 Å². The van der Waals surface area contributed by atoms with Crippen molar-refractivity contribution in [3.63, 3.8) is 0 Å². The smallest absolute Gasteiger partial charge is 0.478 e. The maximum Gasteiger partial charge on any atom is 0.573 e. The van der Waals surface area contributed by atoms with E-state index in [1.165, 1.54) is 42.7 Å². The molecule has 0 aliphatic rings. The van der Waals surface area contributed by atoms with Crippen LogP contribution in [0, 0.1) is 0 Å². The highest BCUT2D eigenvalue weighted by Crippen LogP contribution is 2.24. The lowest BCUT2D eigenvalue weighted by molar-refractivity contribution is -0.274. The minimum absolute atomic E-state index is 0.170. The predicted molar refractivity (Wildman–Crippen MR) is 82.6 cm³/mol.